The molecule has 4 N–H and O–H groups in total. The molecule has 1 heterocycles. The Balaban J connectivity index is 2.14. The van der Waals surface area contributed by atoms with E-state index in [1.54, 1.807) is 6.92 Å². The predicted molar refractivity (Wildman–Crippen MR) is 145 cm³/mol. The number of rotatable bonds is 22. The van der Waals surface area contributed by atoms with Crippen LogP contribution in [0.5, 0.6) is 0 Å². The molecule has 1 rings (SSSR count). The van der Waals surface area contributed by atoms with Gasteiger partial charge in [-0.3, -0.25) is 9.59 Å². The third kappa shape index (κ3) is 15.2. The van der Waals surface area contributed by atoms with Gasteiger partial charge in [0, 0.05) is 19.8 Å². The average molecular weight is 530 g/mol. The molecule has 8 nitrogen and oxygen atoms in total. The molecule has 0 spiro atoms. The van der Waals surface area contributed by atoms with Crippen molar-refractivity contribution in [2.45, 2.75) is 167 Å². The zero-order chi connectivity index (χ0) is 27.5. The number of ketones is 1. The predicted octanol–water partition coefficient (Wildman–Crippen LogP) is 4.56. The van der Waals surface area contributed by atoms with E-state index in [9.17, 15) is 24.9 Å². The minimum Gasteiger partial charge on any atom is -0.394 e. The molecule has 0 aromatic heterocycles. The summed E-state index contributed by atoms with van der Waals surface area (Å²) < 4.78 is 11.1. The second-order valence-electron chi connectivity index (χ2n) is 10.8. The number of amides is 1. The van der Waals surface area contributed by atoms with Crippen LogP contribution >= 0.6 is 0 Å². The molecule has 0 saturated carbocycles. The number of aliphatic hydroxyl groups is 3. The molecule has 1 aliphatic heterocycles. The number of unbranched alkanes of at least 4 members (excludes halogenated alkanes) is 14. The molecule has 218 valence electrons. The van der Waals surface area contributed by atoms with Crippen LogP contribution in [-0.2, 0) is 19.1 Å². The molecular weight excluding hydrogens is 474 g/mol. The van der Waals surface area contributed by atoms with E-state index in [1.165, 1.54) is 84.0 Å². The van der Waals surface area contributed by atoms with E-state index in [-0.39, 0.29) is 12.2 Å². The Morgan fingerprint density at radius 1 is 0.865 bits per heavy atom. The Bertz CT molecular complexity index is 603. The monoisotopic (exact) mass is 529 g/mol. The first-order valence-electron chi connectivity index (χ1n) is 14.9. The van der Waals surface area contributed by atoms with Crippen LogP contribution in [0.2, 0.25) is 0 Å². The fourth-order valence-electron chi connectivity index (χ4n) is 5.07. The highest BCUT2D eigenvalue weighted by Crippen LogP contribution is 2.24. The summed E-state index contributed by atoms with van der Waals surface area (Å²) in [7, 11) is 0. The van der Waals surface area contributed by atoms with Crippen LogP contribution < -0.4 is 5.32 Å². The average Bonchev–Trinajstić information content (AvgIpc) is 2.85. The Morgan fingerprint density at radius 3 is 1.81 bits per heavy atom. The molecular formula is C29H55NO7. The second-order valence-corrected chi connectivity index (χ2v) is 10.8. The maximum Gasteiger partial charge on any atom is 0.217 e. The summed E-state index contributed by atoms with van der Waals surface area (Å²) in [4.78, 5) is 24.0. The fourth-order valence-corrected chi connectivity index (χ4v) is 5.07. The number of ether oxygens (including phenoxy) is 2. The van der Waals surface area contributed by atoms with Crippen molar-refractivity contribution in [3.8, 4) is 0 Å². The van der Waals surface area contributed by atoms with Crippen LogP contribution in [0.1, 0.15) is 130 Å². The largest absolute Gasteiger partial charge is 0.394 e. The van der Waals surface area contributed by atoms with Gasteiger partial charge >= 0.3 is 0 Å². The van der Waals surface area contributed by atoms with Crippen molar-refractivity contribution < 1.29 is 34.4 Å². The topological polar surface area (TPSA) is 125 Å². The number of Topliss-reactive ketones (excluding diaryl/α,β-unsaturated/α-hetero) is 1. The van der Waals surface area contributed by atoms with E-state index in [0.717, 1.165) is 19.3 Å². The van der Waals surface area contributed by atoms with E-state index in [0.29, 0.717) is 6.42 Å². The summed E-state index contributed by atoms with van der Waals surface area (Å²) in [6, 6.07) is -0.997. The summed E-state index contributed by atoms with van der Waals surface area (Å²) in [6.07, 6.45) is 14.7. The Labute approximate surface area is 224 Å². The van der Waals surface area contributed by atoms with Gasteiger partial charge in [-0.25, -0.2) is 0 Å². The van der Waals surface area contributed by atoms with Crippen molar-refractivity contribution in [3.05, 3.63) is 0 Å². The number of carbonyl (C=O) groups is 2. The van der Waals surface area contributed by atoms with Crippen molar-refractivity contribution in [1.29, 1.82) is 0 Å². The molecule has 1 saturated heterocycles. The van der Waals surface area contributed by atoms with Crippen molar-refractivity contribution in [1.82, 2.24) is 5.32 Å². The summed E-state index contributed by atoms with van der Waals surface area (Å²) >= 11 is 0. The molecule has 8 heteroatoms. The van der Waals surface area contributed by atoms with E-state index in [2.05, 4.69) is 12.2 Å². The number of aliphatic hydroxyl groups excluding tert-OH is 3. The molecule has 1 fully saturated rings. The minimum absolute atomic E-state index is 0.0964. The molecule has 0 aromatic rings. The Kier molecular flexibility index (Phi) is 19.1. The first kappa shape index (κ1) is 34.0. The van der Waals surface area contributed by atoms with E-state index < -0.39 is 49.3 Å². The van der Waals surface area contributed by atoms with Crippen molar-refractivity contribution in [3.63, 3.8) is 0 Å². The molecule has 0 aromatic carbocycles. The maximum absolute atomic E-state index is 12.4. The van der Waals surface area contributed by atoms with Gasteiger partial charge in [0.1, 0.15) is 30.1 Å². The first-order valence-corrected chi connectivity index (χ1v) is 14.9. The number of hydrogen-bond acceptors (Lipinski definition) is 7. The molecule has 0 aliphatic carbocycles. The van der Waals surface area contributed by atoms with Gasteiger partial charge in [-0.2, -0.15) is 0 Å². The SMILES string of the molecule is CCCCCCCCCCCCCCCCCC(=O)CC(C)O[C@@H]1C(NC(C)=O)C(O)OC(CO)[C@H]1O. The van der Waals surface area contributed by atoms with Crippen LogP contribution in [0.3, 0.4) is 0 Å². The van der Waals surface area contributed by atoms with Gasteiger partial charge in [0.05, 0.1) is 12.7 Å². The van der Waals surface area contributed by atoms with Crippen LogP contribution in [0, 0.1) is 0 Å². The van der Waals surface area contributed by atoms with E-state index >= 15 is 0 Å². The third-order valence-corrected chi connectivity index (χ3v) is 7.21. The lowest BCUT2D eigenvalue weighted by molar-refractivity contribution is -0.267. The van der Waals surface area contributed by atoms with Gasteiger partial charge in [0.2, 0.25) is 5.91 Å². The third-order valence-electron chi connectivity index (χ3n) is 7.21. The van der Waals surface area contributed by atoms with Gasteiger partial charge in [-0.15, -0.1) is 0 Å². The van der Waals surface area contributed by atoms with Gasteiger partial charge < -0.3 is 30.1 Å². The molecule has 4 unspecified atom stereocenters. The Morgan fingerprint density at radius 2 is 1.35 bits per heavy atom. The van der Waals surface area contributed by atoms with Crippen LogP contribution in [0.4, 0.5) is 0 Å². The summed E-state index contributed by atoms with van der Waals surface area (Å²) in [5.74, 6) is -0.313. The minimum atomic E-state index is -1.43. The normalized spacial score (nSPS) is 24.6. The van der Waals surface area contributed by atoms with E-state index in [1.807, 2.05) is 0 Å². The highest BCUT2D eigenvalue weighted by Gasteiger charge is 2.46. The highest BCUT2D eigenvalue weighted by atomic mass is 16.6. The summed E-state index contributed by atoms with van der Waals surface area (Å²) in [6.45, 7) is 4.78. The van der Waals surface area contributed by atoms with Gasteiger partial charge in [0.15, 0.2) is 6.29 Å². The smallest absolute Gasteiger partial charge is 0.217 e. The standard InChI is InChI=1S/C29H55NO7/c1-4-5-6-7-8-9-10-11-12-13-14-15-16-17-18-19-24(33)20-22(2)36-28-26(30-23(3)32)29(35)37-25(21-31)27(28)34/h22,25-29,31,34-35H,4-21H2,1-3H3,(H,30,32)/t22?,25?,26?,27-,28-,29?/m1/s1. The molecule has 1 aliphatic rings. The second kappa shape index (κ2) is 20.8. The van der Waals surface area contributed by atoms with Crippen molar-refractivity contribution in [2.75, 3.05) is 6.61 Å². The fraction of sp³-hybridized carbons (Fsp3) is 0.931. The number of carbonyl (C=O) groups excluding carboxylic acids is 2. The van der Waals surface area contributed by atoms with Crippen LogP contribution in [0.25, 0.3) is 0 Å². The van der Waals surface area contributed by atoms with Crippen LogP contribution in [0.15, 0.2) is 0 Å². The van der Waals surface area contributed by atoms with E-state index in [4.69, 9.17) is 9.47 Å². The highest BCUT2D eigenvalue weighted by molar-refractivity contribution is 5.78. The molecule has 6 atom stereocenters. The lowest BCUT2D eigenvalue weighted by Crippen LogP contribution is -2.65. The van der Waals surface area contributed by atoms with Crippen molar-refractivity contribution >= 4 is 11.7 Å². The van der Waals surface area contributed by atoms with Gasteiger partial charge in [-0.05, 0) is 13.3 Å². The number of nitrogens with one attached hydrogen (secondary N) is 1. The Hall–Kier alpha value is -1.06. The molecule has 1 amide bonds. The molecule has 0 bridgehead atoms. The summed E-state index contributed by atoms with van der Waals surface area (Å²) in [5.41, 5.74) is 0. The first-order chi connectivity index (χ1) is 17.8. The van der Waals surface area contributed by atoms with Crippen molar-refractivity contribution in [2.24, 2.45) is 0 Å². The molecule has 37 heavy (non-hydrogen) atoms. The quantitative estimate of drug-likeness (QED) is 0.152. The number of hydrogen-bond donors (Lipinski definition) is 4. The zero-order valence-corrected chi connectivity index (χ0v) is 23.7. The lowest BCUT2D eigenvalue weighted by Gasteiger charge is -2.43. The summed E-state index contributed by atoms with van der Waals surface area (Å²) in [5, 5.41) is 32.7. The lowest BCUT2D eigenvalue weighted by atomic mass is 9.96. The maximum atomic E-state index is 12.4. The molecule has 0 radical (unpaired) electrons. The van der Waals surface area contributed by atoms with Gasteiger partial charge in [-0.1, -0.05) is 96.8 Å². The van der Waals surface area contributed by atoms with Crippen LogP contribution in [-0.4, -0.2) is 70.4 Å². The van der Waals surface area contributed by atoms with Gasteiger partial charge in [0.25, 0.3) is 0 Å². The zero-order valence-electron chi connectivity index (χ0n) is 23.7.